The molecule has 0 radical (unpaired) electrons. The summed E-state index contributed by atoms with van der Waals surface area (Å²) < 4.78 is 1.97. The molecule has 0 unspecified atom stereocenters. The van der Waals surface area contributed by atoms with Gasteiger partial charge in [-0.2, -0.15) is 0 Å². The first-order valence-corrected chi connectivity index (χ1v) is 6.63. The summed E-state index contributed by atoms with van der Waals surface area (Å²) in [4.78, 5) is 18.5. The largest absolute Gasteiger partial charge is 0.385 e. The average Bonchev–Trinajstić information content (AvgIpc) is 2.95. The third-order valence-corrected chi connectivity index (χ3v) is 3.34. The number of anilines is 1. The lowest BCUT2D eigenvalue weighted by atomic mass is 10.2. The van der Waals surface area contributed by atoms with Crippen LogP contribution in [-0.4, -0.2) is 43.6 Å². The van der Waals surface area contributed by atoms with E-state index in [4.69, 9.17) is 0 Å². The van der Waals surface area contributed by atoms with Crippen LogP contribution in [0.3, 0.4) is 0 Å². The van der Waals surface area contributed by atoms with Crippen LogP contribution in [0.5, 0.6) is 0 Å². The number of amides is 1. The van der Waals surface area contributed by atoms with E-state index >= 15 is 0 Å². The van der Waals surface area contributed by atoms with Crippen molar-refractivity contribution >= 4 is 11.6 Å². The first-order chi connectivity index (χ1) is 9.79. The van der Waals surface area contributed by atoms with Crippen LogP contribution in [0.1, 0.15) is 23.1 Å². The Bertz CT molecular complexity index is 623. The fourth-order valence-electron chi connectivity index (χ4n) is 2.32. The second kappa shape index (κ2) is 5.28. The number of nitrogens with one attached hydrogen (secondary N) is 1. The smallest absolute Gasteiger partial charge is 0.257 e. The van der Waals surface area contributed by atoms with Crippen molar-refractivity contribution in [3.05, 3.63) is 36.2 Å². The standard InChI is InChI=1S/C13H16N6O/c1-2-15-11-3-4-14-7-10(11)13(20)18-5-6-19-9-16-17-12(19)8-18/h3-4,7,9H,2,5-6,8H2,1H3,(H,14,15). The van der Waals surface area contributed by atoms with E-state index in [1.54, 1.807) is 23.6 Å². The van der Waals surface area contributed by atoms with Crippen LogP contribution in [-0.2, 0) is 13.1 Å². The van der Waals surface area contributed by atoms with Gasteiger partial charge in [0.15, 0.2) is 5.82 Å². The minimum absolute atomic E-state index is 0.0247. The number of carbonyl (C=O) groups excluding carboxylic acids is 1. The zero-order chi connectivity index (χ0) is 13.9. The van der Waals surface area contributed by atoms with Gasteiger partial charge in [0.05, 0.1) is 17.8 Å². The van der Waals surface area contributed by atoms with Gasteiger partial charge in [-0.15, -0.1) is 10.2 Å². The molecule has 3 heterocycles. The predicted molar refractivity (Wildman–Crippen MR) is 73.2 cm³/mol. The number of carbonyl (C=O) groups is 1. The normalized spacial score (nSPS) is 13.9. The van der Waals surface area contributed by atoms with Crippen LogP contribution in [0, 0.1) is 0 Å². The molecular formula is C13H16N6O. The van der Waals surface area contributed by atoms with Crippen molar-refractivity contribution in [2.45, 2.75) is 20.0 Å². The monoisotopic (exact) mass is 272 g/mol. The number of nitrogens with zero attached hydrogens (tertiary/aromatic N) is 5. The van der Waals surface area contributed by atoms with Crippen molar-refractivity contribution in [1.82, 2.24) is 24.6 Å². The van der Waals surface area contributed by atoms with Gasteiger partial charge >= 0.3 is 0 Å². The molecular weight excluding hydrogens is 256 g/mol. The van der Waals surface area contributed by atoms with Crippen molar-refractivity contribution in [2.24, 2.45) is 0 Å². The van der Waals surface area contributed by atoms with Crippen molar-refractivity contribution in [3.63, 3.8) is 0 Å². The highest BCUT2D eigenvalue weighted by molar-refractivity contribution is 5.99. The number of rotatable bonds is 3. The number of hydrogen-bond acceptors (Lipinski definition) is 5. The summed E-state index contributed by atoms with van der Waals surface area (Å²) in [5.74, 6) is 0.793. The summed E-state index contributed by atoms with van der Waals surface area (Å²) in [6, 6.07) is 1.82. The van der Waals surface area contributed by atoms with Gasteiger partial charge in [-0.3, -0.25) is 9.78 Å². The molecule has 0 saturated carbocycles. The Morgan fingerprint density at radius 3 is 3.20 bits per heavy atom. The van der Waals surface area contributed by atoms with Gasteiger partial charge in [0.2, 0.25) is 0 Å². The van der Waals surface area contributed by atoms with Crippen molar-refractivity contribution in [3.8, 4) is 0 Å². The number of fused-ring (bicyclic) bond motifs is 1. The second-order valence-electron chi connectivity index (χ2n) is 4.62. The molecule has 1 amide bonds. The maximum absolute atomic E-state index is 12.6. The van der Waals surface area contributed by atoms with Gasteiger partial charge in [-0.05, 0) is 13.0 Å². The predicted octanol–water partition coefficient (Wildman–Crippen LogP) is 0.761. The van der Waals surface area contributed by atoms with E-state index in [1.165, 1.54) is 0 Å². The molecule has 0 fully saturated rings. The Morgan fingerprint density at radius 2 is 2.35 bits per heavy atom. The lowest BCUT2D eigenvalue weighted by Crippen LogP contribution is -2.38. The molecule has 3 rings (SSSR count). The zero-order valence-electron chi connectivity index (χ0n) is 11.3. The van der Waals surface area contributed by atoms with E-state index < -0.39 is 0 Å². The SMILES string of the molecule is CCNc1ccncc1C(=O)N1CCn2cnnc2C1. The van der Waals surface area contributed by atoms with Gasteiger partial charge in [0.1, 0.15) is 6.33 Å². The second-order valence-corrected chi connectivity index (χ2v) is 4.62. The summed E-state index contributed by atoms with van der Waals surface area (Å²) in [7, 11) is 0. The molecule has 0 aromatic carbocycles. The molecule has 20 heavy (non-hydrogen) atoms. The highest BCUT2D eigenvalue weighted by Crippen LogP contribution is 2.18. The zero-order valence-corrected chi connectivity index (χ0v) is 11.3. The fourth-order valence-corrected chi connectivity index (χ4v) is 2.32. The van der Waals surface area contributed by atoms with E-state index in [2.05, 4.69) is 20.5 Å². The molecule has 1 aliphatic heterocycles. The molecule has 0 bridgehead atoms. The summed E-state index contributed by atoms with van der Waals surface area (Å²) in [6.45, 7) is 4.63. The molecule has 0 saturated heterocycles. The maximum atomic E-state index is 12.6. The Morgan fingerprint density at radius 1 is 1.45 bits per heavy atom. The molecule has 7 heteroatoms. The van der Waals surface area contributed by atoms with Crippen LogP contribution >= 0.6 is 0 Å². The molecule has 7 nitrogen and oxygen atoms in total. The van der Waals surface area contributed by atoms with Gasteiger partial charge in [-0.1, -0.05) is 0 Å². The Hall–Kier alpha value is -2.44. The lowest BCUT2D eigenvalue weighted by molar-refractivity contribution is 0.0708. The molecule has 2 aromatic rings. The summed E-state index contributed by atoms with van der Waals surface area (Å²) in [5.41, 5.74) is 1.42. The van der Waals surface area contributed by atoms with Gasteiger partial charge < -0.3 is 14.8 Å². The summed E-state index contributed by atoms with van der Waals surface area (Å²) in [5, 5.41) is 11.1. The molecule has 0 spiro atoms. The van der Waals surface area contributed by atoms with Gasteiger partial charge in [-0.25, -0.2) is 0 Å². The Kier molecular flexibility index (Phi) is 3.32. The molecule has 2 aromatic heterocycles. The minimum atomic E-state index is -0.0247. The Labute approximate surface area is 116 Å². The topological polar surface area (TPSA) is 75.9 Å². The molecule has 0 aliphatic carbocycles. The van der Waals surface area contributed by atoms with E-state index in [-0.39, 0.29) is 5.91 Å². The fraction of sp³-hybridized carbons (Fsp3) is 0.385. The third-order valence-electron chi connectivity index (χ3n) is 3.34. The van der Waals surface area contributed by atoms with Crippen LogP contribution in [0.25, 0.3) is 0 Å². The van der Waals surface area contributed by atoms with Gasteiger partial charge in [0, 0.05) is 32.0 Å². The number of pyridine rings is 1. The molecule has 1 aliphatic rings. The van der Waals surface area contributed by atoms with E-state index in [1.807, 2.05) is 17.6 Å². The minimum Gasteiger partial charge on any atom is -0.385 e. The highest BCUT2D eigenvalue weighted by atomic mass is 16.2. The van der Waals surface area contributed by atoms with Crippen LogP contribution in [0.15, 0.2) is 24.8 Å². The first kappa shape index (κ1) is 12.6. The van der Waals surface area contributed by atoms with E-state index in [0.29, 0.717) is 18.7 Å². The quantitative estimate of drug-likeness (QED) is 0.892. The first-order valence-electron chi connectivity index (χ1n) is 6.63. The Balaban J connectivity index is 1.83. The summed E-state index contributed by atoms with van der Waals surface area (Å²) >= 11 is 0. The third kappa shape index (κ3) is 2.22. The van der Waals surface area contributed by atoms with Gasteiger partial charge in [0.25, 0.3) is 5.91 Å². The van der Waals surface area contributed by atoms with Crippen LogP contribution in [0.2, 0.25) is 0 Å². The average molecular weight is 272 g/mol. The van der Waals surface area contributed by atoms with Crippen LogP contribution < -0.4 is 5.32 Å². The van der Waals surface area contributed by atoms with E-state index in [0.717, 1.165) is 24.6 Å². The van der Waals surface area contributed by atoms with Crippen molar-refractivity contribution in [1.29, 1.82) is 0 Å². The van der Waals surface area contributed by atoms with Crippen molar-refractivity contribution in [2.75, 3.05) is 18.4 Å². The van der Waals surface area contributed by atoms with Crippen molar-refractivity contribution < 1.29 is 4.79 Å². The lowest BCUT2D eigenvalue weighted by Gasteiger charge is -2.27. The molecule has 1 N–H and O–H groups in total. The maximum Gasteiger partial charge on any atom is 0.257 e. The number of hydrogen-bond donors (Lipinski definition) is 1. The van der Waals surface area contributed by atoms with E-state index in [9.17, 15) is 4.79 Å². The molecule has 0 atom stereocenters. The molecule has 104 valence electrons. The highest BCUT2D eigenvalue weighted by Gasteiger charge is 2.24. The summed E-state index contributed by atoms with van der Waals surface area (Å²) in [6.07, 6.45) is 4.99. The number of aromatic nitrogens is 4. The van der Waals surface area contributed by atoms with Crippen LogP contribution in [0.4, 0.5) is 5.69 Å².